The Hall–Kier alpha value is -2.40. The van der Waals surface area contributed by atoms with Crippen LogP contribution in [-0.4, -0.2) is 22.1 Å². The molecule has 2 N–H and O–H groups in total. The number of carbonyl (C=O) groups excluding carboxylic acids is 1. The van der Waals surface area contributed by atoms with Crippen molar-refractivity contribution in [1.82, 2.24) is 15.5 Å². The molecule has 0 radical (unpaired) electrons. The van der Waals surface area contributed by atoms with Gasteiger partial charge >= 0.3 is 0 Å². The predicted octanol–water partition coefficient (Wildman–Crippen LogP) is 4.20. The van der Waals surface area contributed by atoms with Crippen molar-refractivity contribution in [2.75, 3.05) is 0 Å². The third-order valence-corrected chi connectivity index (χ3v) is 4.31. The van der Waals surface area contributed by atoms with Gasteiger partial charge in [0.15, 0.2) is 0 Å². The first-order valence-corrected chi connectivity index (χ1v) is 8.57. The van der Waals surface area contributed by atoms with Gasteiger partial charge in [-0.2, -0.15) is 5.10 Å². The van der Waals surface area contributed by atoms with E-state index in [2.05, 4.69) is 43.6 Å². The van der Waals surface area contributed by atoms with Crippen LogP contribution < -0.4 is 5.32 Å². The minimum Gasteiger partial charge on any atom is -0.349 e. The number of rotatable bonds is 5. The van der Waals surface area contributed by atoms with Crippen LogP contribution in [0.1, 0.15) is 22.8 Å². The highest BCUT2D eigenvalue weighted by atomic mass is 79.9. The number of nitrogens with one attached hydrogen (secondary N) is 2. The molecule has 0 spiro atoms. The molecule has 1 amide bonds. The Morgan fingerprint density at radius 2 is 1.88 bits per heavy atom. The first-order valence-electron chi connectivity index (χ1n) is 7.77. The van der Waals surface area contributed by atoms with E-state index in [-0.39, 0.29) is 11.9 Å². The first-order chi connectivity index (χ1) is 11.6. The van der Waals surface area contributed by atoms with Gasteiger partial charge in [0.05, 0.1) is 17.5 Å². The number of aromatic amines is 1. The Balaban J connectivity index is 1.69. The standard InChI is InChI=1S/C19H18BrN3O/c1-13(11-14-7-9-16(20)10-8-14)22-19(24)17-12-21-23-18(17)15-5-3-2-4-6-15/h2-10,12-13H,11H2,1H3,(H,21,23)(H,22,24). The Morgan fingerprint density at radius 3 is 2.58 bits per heavy atom. The molecule has 3 aromatic rings. The van der Waals surface area contributed by atoms with Crippen molar-refractivity contribution in [3.05, 3.63) is 76.4 Å². The van der Waals surface area contributed by atoms with Crippen LogP contribution in [0.2, 0.25) is 0 Å². The third kappa shape index (κ3) is 3.92. The molecule has 1 atom stereocenters. The maximum absolute atomic E-state index is 12.6. The first kappa shape index (κ1) is 16.5. The zero-order valence-corrected chi connectivity index (χ0v) is 14.9. The monoisotopic (exact) mass is 383 g/mol. The van der Waals surface area contributed by atoms with Gasteiger partial charge in [-0.3, -0.25) is 9.89 Å². The maximum atomic E-state index is 12.6. The van der Waals surface area contributed by atoms with Crippen molar-refractivity contribution in [2.45, 2.75) is 19.4 Å². The molecule has 5 heteroatoms. The van der Waals surface area contributed by atoms with Crippen LogP contribution >= 0.6 is 15.9 Å². The van der Waals surface area contributed by atoms with Crippen LogP contribution in [0.15, 0.2) is 65.3 Å². The number of nitrogens with zero attached hydrogens (tertiary/aromatic N) is 1. The van der Waals surface area contributed by atoms with Gasteiger partial charge in [0.25, 0.3) is 5.91 Å². The minimum atomic E-state index is -0.118. The lowest BCUT2D eigenvalue weighted by atomic mass is 10.1. The van der Waals surface area contributed by atoms with E-state index in [1.165, 1.54) is 5.56 Å². The van der Waals surface area contributed by atoms with Crippen LogP contribution in [0.25, 0.3) is 11.3 Å². The Labute approximate surface area is 149 Å². The van der Waals surface area contributed by atoms with Gasteiger partial charge in [-0.1, -0.05) is 58.4 Å². The van der Waals surface area contributed by atoms with E-state index in [1.54, 1.807) is 6.20 Å². The predicted molar refractivity (Wildman–Crippen MR) is 98.8 cm³/mol. The molecular formula is C19H18BrN3O. The molecular weight excluding hydrogens is 366 g/mol. The molecule has 0 fully saturated rings. The molecule has 0 aliphatic carbocycles. The Bertz CT molecular complexity index is 812. The molecule has 1 heterocycles. The highest BCUT2D eigenvalue weighted by molar-refractivity contribution is 9.10. The van der Waals surface area contributed by atoms with E-state index in [9.17, 15) is 4.79 Å². The zero-order valence-electron chi connectivity index (χ0n) is 13.3. The average molecular weight is 384 g/mol. The largest absolute Gasteiger partial charge is 0.349 e. The van der Waals surface area contributed by atoms with E-state index in [0.29, 0.717) is 5.56 Å². The quantitative estimate of drug-likeness (QED) is 0.693. The van der Waals surface area contributed by atoms with Crippen molar-refractivity contribution in [1.29, 1.82) is 0 Å². The summed E-state index contributed by atoms with van der Waals surface area (Å²) in [5.41, 5.74) is 3.43. The van der Waals surface area contributed by atoms with E-state index in [4.69, 9.17) is 0 Å². The van der Waals surface area contributed by atoms with E-state index >= 15 is 0 Å². The molecule has 122 valence electrons. The van der Waals surface area contributed by atoms with Crippen molar-refractivity contribution < 1.29 is 4.79 Å². The summed E-state index contributed by atoms with van der Waals surface area (Å²) in [6, 6.07) is 17.9. The van der Waals surface area contributed by atoms with E-state index < -0.39 is 0 Å². The lowest BCUT2D eigenvalue weighted by Crippen LogP contribution is -2.34. The smallest absolute Gasteiger partial charge is 0.255 e. The molecule has 4 nitrogen and oxygen atoms in total. The molecule has 0 aliphatic heterocycles. The van der Waals surface area contributed by atoms with Gasteiger partial charge in [-0.15, -0.1) is 0 Å². The molecule has 0 aliphatic rings. The SMILES string of the molecule is CC(Cc1ccc(Br)cc1)NC(=O)c1cn[nH]c1-c1ccccc1. The van der Waals surface area contributed by atoms with Crippen molar-refractivity contribution >= 4 is 21.8 Å². The normalized spacial score (nSPS) is 11.9. The maximum Gasteiger partial charge on any atom is 0.255 e. The number of H-pyrrole nitrogens is 1. The zero-order chi connectivity index (χ0) is 16.9. The third-order valence-electron chi connectivity index (χ3n) is 3.78. The molecule has 2 aromatic carbocycles. The highest BCUT2D eigenvalue weighted by Gasteiger charge is 2.17. The number of halogens is 1. The number of hydrogen-bond acceptors (Lipinski definition) is 2. The topological polar surface area (TPSA) is 57.8 Å². The summed E-state index contributed by atoms with van der Waals surface area (Å²) in [5.74, 6) is -0.118. The fraction of sp³-hybridized carbons (Fsp3) is 0.158. The Kier molecular flexibility index (Phi) is 5.11. The molecule has 1 aromatic heterocycles. The summed E-state index contributed by atoms with van der Waals surface area (Å²) < 4.78 is 1.05. The van der Waals surface area contributed by atoms with Crippen LogP contribution in [0.3, 0.4) is 0 Å². The molecule has 0 bridgehead atoms. The summed E-state index contributed by atoms with van der Waals surface area (Å²) in [4.78, 5) is 12.6. The summed E-state index contributed by atoms with van der Waals surface area (Å²) in [6.45, 7) is 2.00. The number of amides is 1. The summed E-state index contributed by atoms with van der Waals surface area (Å²) in [6.07, 6.45) is 2.35. The molecule has 24 heavy (non-hydrogen) atoms. The van der Waals surface area contributed by atoms with Crippen LogP contribution in [0, 0.1) is 0 Å². The number of aromatic nitrogens is 2. The number of hydrogen-bond donors (Lipinski definition) is 2. The minimum absolute atomic E-state index is 0.0252. The fourth-order valence-corrected chi connectivity index (χ4v) is 2.87. The molecule has 0 saturated carbocycles. The van der Waals surface area contributed by atoms with Crippen molar-refractivity contribution in [3.63, 3.8) is 0 Å². The van der Waals surface area contributed by atoms with E-state index in [0.717, 1.165) is 22.2 Å². The van der Waals surface area contributed by atoms with Crippen molar-refractivity contribution in [3.8, 4) is 11.3 Å². The van der Waals surface area contributed by atoms with Crippen LogP contribution in [-0.2, 0) is 6.42 Å². The van der Waals surface area contributed by atoms with Gasteiger partial charge in [-0.05, 0) is 31.0 Å². The second-order valence-corrected chi connectivity index (χ2v) is 6.65. The average Bonchev–Trinajstić information content (AvgIpc) is 3.07. The molecule has 3 rings (SSSR count). The van der Waals surface area contributed by atoms with Crippen LogP contribution in [0.5, 0.6) is 0 Å². The lowest BCUT2D eigenvalue weighted by Gasteiger charge is -2.14. The van der Waals surface area contributed by atoms with Gasteiger partial charge in [0, 0.05) is 16.1 Å². The highest BCUT2D eigenvalue weighted by Crippen LogP contribution is 2.20. The lowest BCUT2D eigenvalue weighted by molar-refractivity contribution is 0.0941. The van der Waals surface area contributed by atoms with Crippen LogP contribution in [0.4, 0.5) is 0 Å². The van der Waals surface area contributed by atoms with Gasteiger partial charge in [0.2, 0.25) is 0 Å². The summed E-state index contributed by atoms with van der Waals surface area (Å²) >= 11 is 3.43. The second kappa shape index (κ2) is 7.45. The molecule has 0 saturated heterocycles. The molecule has 1 unspecified atom stereocenters. The van der Waals surface area contributed by atoms with Gasteiger partial charge in [-0.25, -0.2) is 0 Å². The van der Waals surface area contributed by atoms with E-state index in [1.807, 2.05) is 49.4 Å². The summed E-state index contributed by atoms with van der Waals surface area (Å²) in [5, 5.41) is 9.99. The van der Waals surface area contributed by atoms with Gasteiger partial charge < -0.3 is 5.32 Å². The fourth-order valence-electron chi connectivity index (χ4n) is 2.61. The number of carbonyl (C=O) groups is 1. The second-order valence-electron chi connectivity index (χ2n) is 5.73. The number of benzene rings is 2. The van der Waals surface area contributed by atoms with Gasteiger partial charge in [0.1, 0.15) is 0 Å². The van der Waals surface area contributed by atoms with Crippen molar-refractivity contribution in [2.24, 2.45) is 0 Å². The Morgan fingerprint density at radius 1 is 1.17 bits per heavy atom. The summed E-state index contributed by atoms with van der Waals surface area (Å²) in [7, 11) is 0.